The van der Waals surface area contributed by atoms with Crippen molar-refractivity contribution in [3.8, 4) is 16.9 Å². The van der Waals surface area contributed by atoms with Crippen LogP contribution in [0.2, 0.25) is 0 Å². The molecule has 6 heteroatoms. The highest BCUT2D eigenvalue weighted by Gasteiger charge is 2.16. The summed E-state index contributed by atoms with van der Waals surface area (Å²) in [6.45, 7) is 3.89. The molecule has 1 amide bonds. The van der Waals surface area contributed by atoms with E-state index in [4.69, 9.17) is 4.74 Å². The summed E-state index contributed by atoms with van der Waals surface area (Å²) in [6.07, 6.45) is 3.76. The van der Waals surface area contributed by atoms with E-state index < -0.39 is 0 Å². The fourth-order valence-electron chi connectivity index (χ4n) is 2.92. The van der Waals surface area contributed by atoms with Crippen molar-refractivity contribution in [2.75, 3.05) is 7.11 Å². The van der Waals surface area contributed by atoms with Crippen LogP contribution in [0.15, 0.2) is 53.3 Å². The minimum Gasteiger partial charge on any atom is -0.497 e. The molecule has 0 aliphatic carbocycles. The zero-order valence-electron chi connectivity index (χ0n) is 15.8. The molecule has 0 aliphatic rings. The lowest BCUT2D eigenvalue weighted by atomic mass is 10.0. The van der Waals surface area contributed by atoms with Crippen LogP contribution in [0.25, 0.3) is 11.1 Å². The van der Waals surface area contributed by atoms with Crippen molar-refractivity contribution in [2.45, 2.75) is 19.9 Å². The number of halogens is 1. The van der Waals surface area contributed by atoms with Gasteiger partial charge >= 0.3 is 0 Å². The third-order valence-corrected chi connectivity index (χ3v) is 4.99. The Morgan fingerprint density at radius 1 is 1.22 bits per heavy atom. The Balaban J connectivity index is 1.88. The van der Waals surface area contributed by atoms with E-state index in [1.807, 2.05) is 63.6 Å². The molecular weight excluding hydrogens is 406 g/mol. The van der Waals surface area contributed by atoms with E-state index in [0.717, 1.165) is 32.5 Å². The van der Waals surface area contributed by atoms with Gasteiger partial charge in [0.05, 0.1) is 19.3 Å². The van der Waals surface area contributed by atoms with Crippen molar-refractivity contribution in [2.24, 2.45) is 7.05 Å². The van der Waals surface area contributed by atoms with Crippen molar-refractivity contribution in [3.63, 3.8) is 0 Å². The van der Waals surface area contributed by atoms with E-state index in [0.29, 0.717) is 5.56 Å². The van der Waals surface area contributed by atoms with E-state index in [2.05, 4.69) is 32.4 Å². The predicted octanol–water partition coefficient (Wildman–Crippen LogP) is 4.66. The third kappa shape index (κ3) is 4.39. The molecular formula is C21H22BrN3O2. The second-order valence-electron chi connectivity index (χ2n) is 6.55. The minimum atomic E-state index is -0.179. The quantitative estimate of drug-likeness (QED) is 0.643. The highest BCUT2D eigenvalue weighted by Crippen LogP contribution is 2.29. The lowest BCUT2D eigenvalue weighted by molar-refractivity contribution is 0.0939. The Bertz CT molecular complexity index is 981. The van der Waals surface area contributed by atoms with Crippen molar-refractivity contribution < 1.29 is 9.53 Å². The van der Waals surface area contributed by atoms with Gasteiger partial charge in [0.15, 0.2) is 0 Å². The average molecular weight is 428 g/mol. The molecule has 2 aromatic carbocycles. The molecule has 0 unspecified atom stereocenters. The molecule has 0 saturated heterocycles. The van der Waals surface area contributed by atoms with Crippen LogP contribution in [0.4, 0.5) is 0 Å². The largest absolute Gasteiger partial charge is 0.497 e. The van der Waals surface area contributed by atoms with Crippen LogP contribution in [0.3, 0.4) is 0 Å². The van der Waals surface area contributed by atoms with E-state index >= 15 is 0 Å². The predicted molar refractivity (Wildman–Crippen MR) is 110 cm³/mol. The summed E-state index contributed by atoms with van der Waals surface area (Å²) in [5.74, 6) is 0.637. The monoisotopic (exact) mass is 427 g/mol. The number of methoxy groups -OCH3 is 1. The molecule has 1 heterocycles. The molecule has 27 heavy (non-hydrogen) atoms. The third-order valence-electron chi connectivity index (χ3n) is 4.49. The van der Waals surface area contributed by atoms with Gasteiger partial charge in [-0.1, -0.05) is 22.0 Å². The van der Waals surface area contributed by atoms with Crippen LogP contribution >= 0.6 is 15.9 Å². The van der Waals surface area contributed by atoms with Crippen LogP contribution in [0, 0.1) is 6.92 Å². The fraction of sp³-hybridized carbons (Fsp3) is 0.238. The smallest absolute Gasteiger partial charge is 0.252 e. The zero-order valence-corrected chi connectivity index (χ0v) is 17.4. The number of nitrogens with zero attached hydrogens (tertiary/aromatic N) is 2. The molecule has 3 rings (SSSR count). The number of aromatic nitrogens is 2. The number of ether oxygens (including phenoxy) is 1. The minimum absolute atomic E-state index is 0.105. The summed E-state index contributed by atoms with van der Waals surface area (Å²) in [5, 5.41) is 7.31. The van der Waals surface area contributed by atoms with Crippen LogP contribution in [0.1, 0.15) is 34.5 Å². The van der Waals surface area contributed by atoms with Crippen LogP contribution < -0.4 is 10.1 Å². The van der Waals surface area contributed by atoms with Gasteiger partial charge < -0.3 is 10.1 Å². The van der Waals surface area contributed by atoms with Gasteiger partial charge in [-0.25, -0.2) is 0 Å². The first-order valence-electron chi connectivity index (χ1n) is 8.62. The lowest BCUT2D eigenvalue weighted by Crippen LogP contribution is -2.27. The van der Waals surface area contributed by atoms with Crippen LogP contribution in [0.5, 0.6) is 5.75 Å². The Kier molecular flexibility index (Phi) is 5.65. The second kappa shape index (κ2) is 7.96. The van der Waals surface area contributed by atoms with Gasteiger partial charge in [-0.15, -0.1) is 0 Å². The first kappa shape index (κ1) is 19.2. The number of carbonyl (C=O) groups is 1. The Labute approximate surface area is 167 Å². The summed E-state index contributed by atoms with van der Waals surface area (Å²) >= 11 is 3.43. The highest BCUT2D eigenvalue weighted by atomic mass is 79.9. The molecule has 0 fully saturated rings. The van der Waals surface area contributed by atoms with Gasteiger partial charge in [-0.3, -0.25) is 9.48 Å². The summed E-state index contributed by atoms with van der Waals surface area (Å²) in [7, 11) is 3.52. The van der Waals surface area contributed by atoms with Crippen LogP contribution in [-0.4, -0.2) is 22.8 Å². The number of carbonyl (C=O) groups excluding carboxylic acids is 1. The standard InChI is InChI=1S/C21H22BrN3O2/c1-13-5-6-18(22)10-20(13)21(26)24-14(2)15-7-16(9-19(8-15)27-4)17-11-23-25(3)12-17/h5-12,14H,1-4H3,(H,24,26)/t14-/m1/s1. The molecule has 5 nitrogen and oxygen atoms in total. The summed E-state index contributed by atoms with van der Waals surface area (Å²) < 4.78 is 8.09. The SMILES string of the molecule is COc1cc(-c2cnn(C)c2)cc([C@@H](C)NC(=O)c2cc(Br)ccc2C)c1. The van der Waals surface area contributed by atoms with Gasteiger partial charge in [0.25, 0.3) is 5.91 Å². The summed E-state index contributed by atoms with van der Waals surface area (Å²) in [4.78, 5) is 12.7. The molecule has 1 atom stereocenters. The topological polar surface area (TPSA) is 56.1 Å². The average Bonchev–Trinajstić information content (AvgIpc) is 3.09. The van der Waals surface area contributed by atoms with E-state index in [1.54, 1.807) is 11.8 Å². The first-order valence-corrected chi connectivity index (χ1v) is 9.41. The van der Waals surface area contributed by atoms with Crippen molar-refractivity contribution in [1.82, 2.24) is 15.1 Å². The van der Waals surface area contributed by atoms with Crippen molar-refractivity contribution >= 4 is 21.8 Å². The van der Waals surface area contributed by atoms with E-state index in [1.165, 1.54) is 0 Å². The molecule has 0 saturated carbocycles. The number of benzene rings is 2. The number of hydrogen-bond acceptors (Lipinski definition) is 3. The fourth-order valence-corrected chi connectivity index (χ4v) is 3.28. The number of hydrogen-bond donors (Lipinski definition) is 1. The van der Waals surface area contributed by atoms with Gasteiger partial charge in [0.2, 0.25) is 0 Å². The van der Waals surface area contributed by atoms with Gasteiger partial charge in [0.1, 0.15) is 5.75 Å². The molecule has 140 valence electrons. The Morgan fingerprint density at radius 3 is 2.67 bits per heavy atom. The Hall–Kier alpha value is -2.60. The van der Waals surface area contributed by atoms with Gasteiger partial charge in [0, 0.05) is 28.8 Å². The molecule has 3 aromatic rings. The van der Waals surface area contributed by atoms with Crippen molar-refractivity contribution in [1.29, 1.82) is 0 Å². The summed E-state index contributed by atoms with van der Waals surface area (Å²) in [6, 6.07) is 11.5. The number of aryl methyl sites for hydroxylation is 2. The molecule has 0 spiro atoms. The lowest BCUT2D eigenvalue weighted by Gasteiger charge is -2.17. The van der Waals surface area contributed by atoms with Crippen LogP contribution in [-0.2, 0) is 7.05 Å². The molecule has 0 aliphatic heterocycles. The molecule has 0 bridgehead atoms. The second-order valence-corrected chi connectivity index (χ2v) is 7.47. The first-order chi connectivity index (χ1) is 12.9. The maximum atomic E-state index is 12.7. The van der Waals surface area contributed by atoms with Gasteiger partial charge in [-0.05, 0) is 60.9 Å². The molecule has 1 aromatic heterocycles. The Morgan fingerprint density at radius 2 is 2.00 bits per heavy atom. The maximum absolute atomic E-state index is 12.7. The normalized spacial score (nSPS) is 11.9. The molecule has 0 radical (unpaired) electrons. The number of rotatable bonds is 5. The number of nitrogens with one attached hydrogen (secondary N) is 1. The van der Waals surface area contributed by atoms with Gasteiger partial charge in [-0.2, -0.15) is 5.10 Å². The number of amides is 1. The zero-order chi connectivity index (χ0) is 19.6. The van der Waals surface area contributed by atoms with E-state index in [9.17, 15) is 4.79 Å². The summed E-state index contributed by atoms with van der Waals surface area (Å²) in [5.41, 5.74) is 4.56. The maximum Gasteiger partial charge on any atom is 0.252 e. The van der Waals surface area contributed by atoms with Crippen molar-refractivity contribution in [3.05, 3.63) is 70.0 Å². The molecule has 1 N–H and O–H groups in total. The van der Waals surface area contributed by atoms with E-state index in [-0.39, 0.29) is 11.9 Å². The highest BCUT2D eigenvalue weighted by molar-refractivity contribution is 9.10.